The SMILES string of the molecule is Nc1ccc2nc(C3CCCSC3)nn2c1. The molecule has 0 aliphatic carbocycles. The molecular formula is C11H14N4S. The number of pyridine rings is 1. The van der Waals surface area contributed by atoms with E-state index < -0.39 is 0 Å². The monoisotopic (exact) mass is 234 g/mol. The van der Waals surface area contributed by atoms with E-state index in [1.165, 1.54) is 18.6 Å². The number of nitrogen functional groups attached to an aromatic ring is 1. The molecule has 5 heteroatoms. The molecule has 0 aromatic carbocycles. The topological polar surface area (TPSA) is 56.2 Å². The highest BCUT2D eigenvalue weighted by atomic mass is 32.2. The molecule has 0 bridgehead atoms. The van der Waals surface area contributed by atoms with E-state index >= 15 is 0 Å². The molecule has 2 aromatic heterocycles. The van der Waals surface area contributed by atoms with Crippen LogP contribution in [0.5, 0.6) is 0 Å². The molecule has 84 valence electrons. The Morgan fingerprint density at radius 1 is 1.44 bits per heavy atom. The van der Waals surface area contributed by atoms with Gasteiger partial charge in [-0.15, -0.1) is 0 Å². The normalized spacial score (nSPS) is 21.4. The fraction of sp³-hybridized carbons (Fsp3) is 0.455. The van der Waals surface area contributed by atoms with Gasteiger partial charge in [0.25, 0.3) is 0 Å². The maximum Gasteiger partial charge on any atom is 0.155 e. The number of thioether (sulfide) groups is 1. The average Bonchev–Trinajstić information content (AvgIpc) is 2.73. The van der Waals surface area contributed by atoms with Crippen LogP contribution in [0.15, 0.2) is 18.3 Å². The van der Waals surface area contributed by atoms with Crippen LogP contribution >= 0.6 is 11.8 Å². The zero-order valence-electron chi connectivity index (χ0n) is 8.97. The second-order valence-electron chi connectivity index (χ2n) is 4.15. The Morgan fingerprint density at radius 3 is 3.19 bits per heavy atom. The molecule has 0 amide bonds. The molecule has 3 rings (SSSR count). The first-order valence-corrected chi connectivity index (χ1v) is 6.68. The minimum atomic E-state index is 0.514. The van der Waals surface area contributed by atoms with Crippen molar-refractivity contribution in [2.75, 3.05) is 17.2 Å². The number of hydrogen-bond donors (Lipinski definition) is 1. The van der Waals surface area contributed by atoms with Crippen LogP contribution in [0.3, 0.4) is 0 Å². The Labute approximate surface area is 98.2 Å². The Kier molecular flexibility index (Phi) is 2.47. The smallest absolute Gasteiger partial charge is 0.155 e. The molecule has 0 saturated carbocycles. The predicted octanol–water partition coefficient (Wildman–Crippen LogP) is 1.92. The van der Waals surface area contributed by atoms with Gasteiger partial charge in [0.05, 0.1) is 11.9 Å². The summed E-state index contributed by atoms with van der Waals surface area (Å²) in [5, 5.41) is 4.51. The third-order valence-corrected chi connectivity index (χ3v) is 4.11. The van der Waals surface area contributed by atoms with Crippen LogP contribution in [0, 0.1) is 0 Å². The van der Waals surface area contributed by atoms with Gasteiger partial charge in [0.1, 0.15) is 0 Å². The molecule has 4 nitrogen and oxygen atoms in total. The highest BCUT2D eigenvalue weighted by Crippen LogP contribution is 2.29. The predicted molar refractivity (Wildman–Crippen MR) is 66.7 cm³/mol. The number of rotatable bonds is 1. The van der Waals surface area contributed by atoms with Crippen molar-refractivity contribution in [1.82, 2.24) is 14.6 Å². The average molecular weight is 234 g/mol. The van der Waals surface area contributed by atoms with Crippen LogP contribution in [0.1, 0.15) is 24.6 Å². The van der Waals surface area contributed by atoms with Crippen molar-refractivity contribution in [2.45, 2.75) is 18.8 Å². The zero-order valence-corrected chi connectivity index (χ0v) is 9.78. The lowest BCUT2D eigenvalue weighted by Gasteiger charge is -2.17. The molecule has 1 atom stereocenters. The largest absolute Gasteiger partial charge is 0.397 e. The Balaban J connectivity index is 1.97. The molecule has 3 heterocycles. The second-order valence-corrected chi connectivity index (χ2v) is 5.30. The zero-order chi connectivity index (χ0) is 11.0. The summed E-state index contributed by atoms with van der Waals surface area (Å²) in [5.74, 6) is 3.90. The van der Waals surface area contributed by atoms with Gasteiger partial charge in [-0.1, -0.05) is 0 Å². The van der Waals surface area contributed by atoms with Gasteiger partial charge in [0.15, 0.2) is 11.5 Å². The van der Waals surface area contributed by atoms with Crippen molar-refractivity contribution in [3.63, 3.8) is 0 Å². The van der Waals surface area contributed by atoms with Gasteiger partial charge in [-0.3, -0.25) is 0 Å². The number of fused-ring (bicyclic) bond motifs is 1. The van der Waals surface area contributed by atoms with Crippen molar-refractivity contribution < 1.29 is 0 Å². The summed E-state index contributed by atoms with van der Waals surface area (Å²) < 4.78 is 1.78. The summed E-state index contributed by atoms with van der Waals surface area (Å²) in [6, 6.07) is 3.78. The van der Waals surface area contributed by atoms with Crippen LogP contribution in [0.2, 0.25) is 0 Å². The molecule has 1 fully saturated rings. The van der Waals surface area contributed by atoms with Crippen LogP contribution in [0.4, 0.5) is 5.69 Å². The van der Waals surface area contributed by atoms with E-state index in [1.54, 1.807) is 4.52 Å². The first-order chi connectivity index (χ1) is 7.83. The van der Waals surface area contributed by atoms with Crippen molar-refractivity contribution in [3.05, 3.63) is 24.2 Å². The lowest BCUT2D eigenvalue weighted by atomic mass is 10.1. The minimum absolute atomic E-state index is 0.514. The molecule has 16 heavy (non-hydrogen) atoms. The fourth-order valence-corrected chi connectivity index (χ4v) is 3.17. The van der Waals surface area contributed by atoms with Gasteiger partial charge in [0.2, 0.25) is 0 Å². The molecule has 2 N–H and O–H groups in total. The lowest BCUT2D eigenvalue weighted by molar-refractivity contribution is 0.622. The van der Waals surface area contributed by atoms with Gasteiger partial charge in [-0.05, 0) is 30.7 Å². The number of nitrogens with zero attached hydrogens (tertiary/aromatic N) is 3. The highest BCUT2D eigenvalue weighted by molar-refractivity contribution is 7.99. The summed E-state index contributed by atoms with van der Waals surface area (Å²) in [7, 11) is 0. The lowest BCUT2D eigenvalue weighted by Crippen LogP contribution is -2.10. The highest BCUT2D eigenvalue weighted by Gasteiger charge is 2.20. The molecule has 1 unspecified atom stereocenters. The van der Waals surface area contributed by atoms with E-state index in [4.69, 9.17) is 5.73 Å². The third-order valence-electron chi connectivity index (χ3n) is 2.90. The third kappa shape index (κ3) is 1.75. The standard InChI is InChI=1S/C11H14N4S/c12-9-3-4-10-13-11(14-15(10)6-9)8-2-1-5-16-7-8/h3-4,6,8H,1-2,5,7,12H2. The summed E-state index contributed by atoms with van der Waals surface area (Å²) in [4.78, 5) is 4.56. The molecule has 2 aromatic rings. The fourth-order valence-electron chi connectivity index (χ4n) is 2.03. The van der Waals surface area contributed by atoms with E-state index in [-0.39, 0.29) is 0 Å². The van der Waals surface area contributed by atoms with Crippen LogP contribution in [-0.4, -0.2) is 26.1 Å². The van der Waals surface area contributed by atoms with Crippen molar-refractivity contribution >= 4 is 23.1 Å². The van der Waals surface area contributed by atoms with E-state index in [1.807, 2.05) is 30.1 Å². The minimum Gasteiger partial charge on any atom is -0.397 e. The summed E-state index contributed by atoms with van der Waals surface area (Å²) >= 11 is 2.00. The first-order valence-electron chi connectivity index (χ1n) is 5.52. The van der Waals surface area contributed by atoms with E-state index in [0.717, 1.165) is 22.9 Å². The number of anilines is 1. The molecule has 0 radical (unpaired) electrons. The van der Waals surface area contributed by atoms with E-state index in [9.17, 15) is 0 Å². The molecule has 1 aliphatic heterocycles. The maximum atomic E-state index is 5.72. The Morgan fingerprint density at radius 2 is 2.38 bits per heavy atom. The second kappa shape index (κ2) is 3.97. The van der Waals surface area contributed by atoms with Gasteiger partial charge in [-0.2, -0.15) is 16.9 Å². The molecule has 0 spiro atoms. The molecule has 1 saturated heterocycles. The van der Waals surface area contributed by atoms with Crippen molar-refractivity contribution in [2.24, 2.45) is 0 Å². The van der Waals surface area contributed by atoms with Crippen molar-refractivity contribution in [3.8, 4) is 0 Å². The van der Waals surface area contributed by atoms with E-state index in [2.05, 4.69) is 10.1 Å². The number of hydrogen-bond acceptors (Lipinski definition) is 4. The van der Waals surface area contributed by atoms with Crippen molar-refractivity contribution in [1.29, 1.82) is 0 Å². The van der Waals surface area contributed by atoms with Crippen LogP contribution in [-0.2, 0) is 0 Å². The summed E-state index contributed by atoms with van der Waals surface area (Å²) in [6.07, 6.45) is 4.30. The van der Waals surface area contributed by atoms with E-state index in [0.29, 0.717) is 5.92 Å². The molecule has 1 aliphatic rings. The van der Waals surface area contributed by atoms with Gasteiger partial charge in [-0.25, -0.2) is 9.50 Å². The quantitative estimate of drug-likeness (QED) is 0.819. The van der Waals surface area contributed by atoms with Gasteiger partial charge in [0, 0.05) is 11.7 Å². The van der Waals surface area contributed by atoms with Crippen LogP contribution < -0.4 is 5.73 Å². The Hall–Kier alpha value is -1.23. The number of nitrogens with two attached hydrogens (primary N) is 1. The maximum absolute atomic E-state index is 5.72. The van der Waals surface area contributed by atoms with Gasteiger partial charge >= 0.3 is 0 Å². The first kappa shape index (κ1) is 9.96. The Bertz CT molecular complexity index is 502. The molecular weight excluding hydrogens is 220 g/mol. The summed E-state index contributed by atoms with van der Waals surface area (Å²) in [6.45, 7) is 0. The van der Waals surface area contributed by atoms with Gasteiger partial charge < -0.3 is 5.73 Å². The van der Waals surface area contributed by atoms with Crippen LogP contribution in [0.25, 0.3) is 5.65 Å². The summed E-state index contributed by atoms with van der Waals surface area (Å²) in [5.41, 5.74) is 7.33. The number of aromatic nitrogens is 3.